The number of hydrogen-bond acceptors (Lipinski definition) is 5. The summed E-state index contributed by atoms with van der Waals surface area (Å²) < 4.78 is 27.6. The maximum Gasteiger partial charge on any atom is 0.252 e. The molecule has 0 bridgehead atoms. The number of sulfonamides is 1. The van der Waals surface area contributed by atoms with E-state index in [1.54, 1.807) is 6.07 Å². The third-order valence-electron chi connectivity index (χ3n) is 4.98. The number of carbonyl (C=O) groups is 1. The van der Waals surface area contributed by atoms with Crippen LogP contribution in [-0.2, 0) is 16.6 Å². The number of Topliss-reactive ketones (excluding diaryl/α,β-unsaturated/α-hetero) is 1. The van der Waals surface area contributed by atoms with Crippen LogP contribution in [0.15, 0.2) is 58.2 Å². The first kappa shape index (κ1) is 21.9. The number of aromatic nitrogens is 1. The number of ketones is 1. The van der Waals surface area contributed by atoms with E-state index in [2.05, 4.69) is 4.98 Å². The van der Waals surface area contributed by atoms with Crippen molar-refractivity contribution in [3.8, 4) is 0 Å². The Morgan fingerprint density at radius 1 is 1.13 bits per heavy atom. The van der Waals surface area contributed by atoms with Crippen molar-refractivity contribution in [2.75, 3.05) is 13.2 Å². The molecule has 1 heterocycles. The standard InChI is InChI=1S/C22H24N2O5S/c1-15-5-3-6-18-13-19(22(27)23-21(15)18)14-24(11-4-12-25)30(28,29)20-9-7-17(8-10-20)16(2)26/h3,5-10,13,25H,4,11-12,14H2,1-2H3,(H,23,27). The van der Waals surface area contributed by atoms with Crippen LogP contribution in [0.25, 0.3) is 10.9 Å². The van der Waals surface area contributed by atoms with Gasteiger partial charge in [0.25, 0.3) is 5.56 Å². The largest absolute Gasteiger partial charge is 0.396 e. The van der Waals surface area contributed by atoms with Crippen molar-refractivity contribution in [1.82, 2.24) is 9.29 Å². The lowest BCUT2D eigenvalue weighted by atomic mass is 10.1. The molecule has 0 saturated carbocycles. The Hall–Kier alpha value is -2.81. The van der Waals surface area contributed by atoms with E-state index in [-0.39, 0.29) is 42.4 Å². The van der Waals surface area contributed by atoms with Gasteiger partial charge < -0.3 is 10.1 Å². The van der Waals surface area contributed by atoms with Gasteiger partial charge in [-0.2, -0.15) is 4.31 Å². The lowest BCUT2D eigenvalue weighted by molar-refractivity contribution is 0.101. The zero-order chi connectivity index (χ0) is 21.9. The number of hydrogen-bond donors (Lipinski definition) is 2. The van der Waals surface area contributed by atoms with Crippen LogP contribution in [0.1, 0.15) is 34.8 Å². The Bertz CT molecular complexity index is 1230. The van der Waals surface area contributed by atoms with E-state index in [0.29, 0.717) is 11.1 Å². The second-order valence-electron chi connectivity index (χ2n) is 7.16. The van der Waals surface area contributed by atoms with Gasteiger partial charge in [0.1, 0.15) is 0 Å². The predicted molar refractivity (Wildman–Crippen MR) is 115 cm³/mol. The van der Waals surface area contributed by atoms with Gasteiger partial charge in [-0.05, 0) is 49.4 Å². The summed E-state index contributed by atoms with van der Waals surface area (Å²) in [5.41, 5.74) is 2.02. The molecule has 158 valence electrons. The summed E-state index contributed by atoms with van der Waals surface area (Å²) in [6, 6.07) is 13.0. The fourth-order valence-corrected chi connectivity index (χ4v) is 4.73. The number of carbonyl (C=O) groups excluding carboxylic acids is 1. The molecule has 0 aliphatic carbocycles. The summed E-state index contributed by atoms with van der Waals surface area (Å²) in [5.74, 6) is -0.158. The topological polar surface area (TPSA) is 108 Å². The molecule has 2 aromatic carbocycles. The van der Waals surface area contributed by atoms with Crippen LogP contribution >= 0.6 is 0 Å². The second kappa shape index (κ2) is 8.91. The van der Waals surface area contributed by atoms with Gasteiger partial charge in [0.2, 0.25) is 10.0 Å². The van der Waals surface area contributed by atoms with Crippen molar-refractivity contribution in [2.45, 2.75) is 31.7 Å². The van der Waals surface area contributed by atoms with Gasteiger partial charge in [-0.1, -0.05) is 30.3 Å². The molecule has 8 heteroatoms. The third kappa shape index (κ3) is 4.51. The van der Waals surface area contributed by atoms with Gasteiger partial charge >= 0.3 is 0 Å². The van der Waals surface area contributed by atoms with Crippen molar-refractivity contribution in [3.05, 3.63) is 75.6 Å². The minimum atomic E-state index is -3.93. The summed E-state index contributed by atoms with van der Waals surface area (Å²) in [7, 11) is -3.93. The van der Waals surface area contributed by atoms with Crippen molar-refractivity contribution in [1.29, 1.82) is 0 Å². The molecule has 0 aliphatic rings. The molecule has 0 saturated heterocycles. The number of aromatic amines is 1. The summed E-state index contributed by atoms with van der Waals surface area (Å²) in [6.07, 6.45) is 0.232. The zero-order valence-electron chi connectivity index (χ0n) is 16.9. The van der Waals surface area contributed by atoms with Gasteiger partial charge in [-0.3, -0.25) is 9.59 Å². The molecule has 1 aromatic heterocycles. The Balaban J connectivity index is 2.00. The molecule has 30 heavy (non-hydrogen) atoms. The number of nitrogens with zero attached hydrogens (tertiary/aromatic N) is 1. The highest BCUT2D eigenvalue weighted by Gasteiger charge is 2.25. The highest BCUT2D eigenvalue weighted by atomic mass is 32.2. The van der Waals surface area contributed by atoms with Crippen LogP contribution in [0, 0.1) is 6.92 Å². The number of para-hydroxylation sites is 1. The number of benzene rings is 2. The van der Waals surface area contributed by atoms with Crippen LogP contribution in [0.4, 0.5) is 0 Å². The summed E-state index contributed by atoms with van der Waals surface area (Å²) in [6.45, 7) is 3.04. The first-order valence-electron chi connectivity index (χ1n) is 9.57. The molecule has 0 aliphatic heterocycles. The Morgan fingerprint density at radius 2 is 1.83 bits per heavy atom. The van der Waals surface area contributed by atoms with E-state index >= 15 is 0 Å². The van der Waals surface area contributed by atoms with Crippen LogP contribution in [-0.4, -0.2) is 41.7 Å². The average molecular weight is 429 g/mol. The molecule has 0 radical (unpaired) electrons. The van der Waals surface area contributed by atoms with Crippen molar-refractivity contribution >= 4 is 26.7 Å². The van der Waals surface area contributed by atoms with Gasteiger partial charge in [-0.15, -0.1) is 0 Å². The number of aryl methyl sites for hydroxylation is 1. The Labute approximate surface area is 175 Å². The molecular weight excluding hydrogens is 404 g/mol. The number of H-pyrrole nitrogens is 1. The molecule has 3 aromatic rings. The van der Waals surface area contributed by atoms with Crippen molar-refractivity contribution in [3.63, 3.8) is 0 Å². The SMILES string of the molecule is CC(=O)c1ccc(S(=O)(=O)N(CCCO)Cc2cc3cccc(C)c3[nH]c2=O)cc1. The minimum absolute atomic E-state index is 0.0264. The van der Waals surface area contributed by atoms with Crippen molar-refractivity contribution in [2.24, 2.45) is 0 Å². The Kier molecular flexibility index (Phi) is 6.50. The fraction of sp³-hybridized carbons (Fsp3) is 0.273. The van der Waals surface area contributed by atoms with E-state index in [4.69, 9.17) is 0 Å². The second-order valence-corrected chi connectivity index (χ2v) is 9.10. The molecule has 0 atom stereocenters. The average Bonchev–Trinajstić information content (AvgIpc) is 2.72. The highest BCUT2D eigenvalue weighted by molar-refractivity contribution is 7.89. The molecule has 2 N–H and O–H groups in total. The van der Waals surface area contributed by atoms with Crippen LogP contribution in [0.2, 0.25) is 0 Å². The Morgan fingerprint density at radius 3 is 2.47 bits per heavy atom. The van der Waals surface area contributed by atoms with Gasteiger partial charge in [0.05, 0.1) is 10.4 Å². The monoisotopic (exact) mass is 428 g/mol. The van der Waals surface area contributed by atoms with Gasteiger partial charge in [0, 0.05) is 30.8 Å². The summed E-state index contributed by atoms with van der Waals surface area (Å²) in [5, 5.41) is 10.0. The van der Waals surface area contributed by atoms with E-state index in [1.165, 1.54) is 35.5 Å². The smallest absolute Gasteiger partial charge is 0.252 e. The maximum absolute atomic E-state index is 13.2. The third-order valence-corrected chi connectivity index (χ3v) is 6.84. The van der Waals surface area contributed by atoms with E-state index in [1.807, 2.05) is 25.1 Å². The van der Waals surface area contributed by atoms with Gasteiger partial charge in [0.15, 0.2) is 5.78 Å². The number of nitrogens with one attached hydrogen (secondary N) is 1. The molecule has 3 rings (SSSR count). The molecule has 0 unspecified atom stereocenters. The first-order chi connectivity index (χ1) is 14.2. The highest BCUT2D eigenvalue weighted by Crippen LogP contribution is 2.21. The zero-order valence-corrected chi connectivity index (χ0v) is 17.7. The van der Waals surface area contributed by atoms with E-state index in [0.717, 1.165) is 16.5 Å². The van der Waals surface area contributed by atoms with Crippen LogP contribution < -0.4 is 5.56 Å². The summed E-state index contributed by atoms with van der Waals surface area (Å²) in [4.78, 5) is 26.9. The molecule has 0 fully saturated rings. The molecule has 0 spiro atoms. The number of aliphatic hydroxyl groups is 1. The lowest BCUT2D eigenvalue weighted by Gasteiger charge is -2.22. The normalized spacial score (nSPS) is 11.9. The fourth-order valence-electron chi connectivity index (χ4n) is 3.28. The molecule has 7 nitrogen and oxygen atoms in total. The quantitative estimate of drug-likeness (QED) is 0.536. The lowest BCUT2D eigenvalue weighted by Crippen LogP contribution is -2.34. The minimum Gasteiger partial charge on any atom is -0.396 e. The van der Waals surface area contributed by atoms with E-state index < -0.39 is 10.0 Å². The van der Waals surface area contributed by atoms with Gasteiger partial charge in [-0.25, -0.2) is 8.42 Å². The number of rotatable bonds is 8. The van der Waals surface area contributed by atoms with Crippen LogP contribution in [0.3, 0.4) is 0 Å². The number of fused-ring (bicyclic) bond motifs is 1. The first-order valence-corrected chi connectivity index (χ1v) is 11.0. The number of aliphatic hydroxyl groups excluding tert-OH is 1. The summed E-state index contributed by atoms with van der Waals surface area (Å²) >= 11 is 0. The maximum atomic E-state index is 13.2. The van der Waals surface area contributed by atoms with Crippen molar-refractivity contribution < 1.29 is 18.3 Å². The predicted octanol–water partition coefficient (Wildman–Crippen LogP) is 2.61. The molecular formula is C22H24N2O5S. The number of pyridine rings is 1. The van der Waals surface area contributed by atoms with E-state index in [9.17, 15) is 23.1 Å². The molecule has 0 amide bonds. The van der Waals surface area contributed by atoms with Crippen LogP contribution in [0.5, 0.6) is 0 Å².